The lowest BCUT2D eigenvalue weighted by atomic mass is 10.1. The van der Waals surface area contributed by atoms with Crippen molar-refractivity contribution in [3.8, 4) is 12.1 Å². The van der Waals surface area contributed by atoms with Crippen molar-refractivity contribution >= 4 is 0 Å². The van der Waals surface area contributed by atoms with E-state index >= 15 is 0 Å². The maximum atomic E-state index is 8.50. The van der Waals surface area contributed by atoms with Gasteiger partial charge in [-0.15, -0.1) is 0 Å². The van der Waals surface area contributed by atoms with E-state index in [2.05, 4.69) is 12.2 Å². The summed E-state index contributed by atoms with van der Waals surface area (Å²) in [5.41, 5.74) is 1.32. The molecule has 0 aromatic heterocycles. The van der Waals surface area contributed by atoms with Crippen molar-refractivity contribution in [2.45, 2.75) is 6.42 Å². The van der Waals surface area contributed by atoms with Crippen LogP contribution in [0.4, 0.5) is 0 Å². The molecule has 1 rings (SSSR count). The zero-order valence-corrected chi connectivity index (χ0v) is 9.38. The molecule has 2 nitrogen and oxygen atoms in total. The second-order valence-electron chi connectivity index (χ2n) is 3.31. The molecule has 0 radical (unpaired) electrons. The number of rotatable bonds is 3. The second-order valence-corrected chi connectivity index (χ2v) is 3.31. The third-order valence-corrected chi connectivity index (χ3v) is 2.06. The van der Waals surface area contributed by atoms with E-state index in [1.54, 1.807) is 24.3 Å². The molecule has 0 heterocycles. The van der Waals surface area contributed by atoms with Crippen LogP contribution in [0.15, 0.2) is 71.9 Å². The lowest BCUT2D eigenvalue weighted by molar-refractivity contribution is 1.29. The minimum atomic E-state index is 0.106. The van der Waals surface area contributed by atoms with Gasteiger partial charge in [0.2, 0.25) is 0 Å². The molecule has 0 amide bonds. The lowest BCUT2D eigenvalue weighted by Crippen LogP contribution is -1.72. The van der Waals surface area contributed by atoms with Gasteiger partial charge in [-0.25, -0.2) is 0 Å². The van der Waals surface area contributed by atoms with Crippen molar-refractivity contribution in [3.63, 3.8) is 0 Å². The van der Waals surface area contributed by atoms with Gasteiger partial charge >= 0.3 is 0 Å². The maximum Gasteiger partial charge on any atom is 0.129 e. The normalized spacial score (nSPS) is 14.1. The van der Waals surface area contributed by atoms with Crippen molar-refractivity contribution in [2.24, 2.45) is 0 Å². The van der Waals surface area contributed by atoms with E-state index < -0.39 is 0 Å². The number of allylic oxidation sites excluding steroid dienone is 12. The number of nitriles is 2. The highest BCUT2D eigenvalue weighted by Gasteiger charge is 1.88. The van der Waals surface area contributed by atoms with Crippen LogP contribution in [0, 0.1) is 22.7 Å². The van der Waals surface area contributed by atoms with Crippen molar-refractivity contribution in [3.05, 3.63) is 71.9 Å². The molecule has 0 atom stereocenters. The van der Waals surface area contributed by atoms with E-state index in [4.69, 9.17) is 10.5 Å². The molecule has 0 N–H and O–H groups in total. The van der Waals surface area contributed by atoms with Gasteiger partial charge in [0, 0.05) is 0 Å². The van der Waals surface area contributed by atoms with E-state index in [-0.39, 0.29) is 5.57 Å². The van der Waals surface area contributed by atoms with Gasteiger partial charge in [-0.3, -0.25) is 0 Å². The highest BCUT2D eigenvalue weighted by molar-refractivity contribution is 5.39. The fraction of sp³-hybridized carbons (Fsp3) is 0.0667. The van der Waals surface area contributed by atoms with E-state index in [1.165, 1.54) is 11.6 Å². The van der Waals surface area contributed by atoms with Gasteiger partial charge in [0.25, 0.3) is 0 Å². The first-order valence-corrected chi connectivity index (χ1v) is 5.24. The standard InChI is InChI=1S/C15H12N2/c16-12-15(13-17)11-7-3-6-10-14-8-4-1-2-5-9-14/h1-8,10-11H,9H2/b7-3+,10-6+. The SMILES string of the molecule is N#CC(C#N)=C/C=C/C=C/C1=CC=CC=CC1. The van der Waals surface area contributed by atoms with Crippen LogP contribution in [0.2, 0.25) is 0 Å². The summed E-state index contributed by atoms with van der Waals surface area (Å²) >= 11 is 0. The van der Waals surface area contributed by atoms with Crippen LogP contribution in [-0.4, -0.2) is 0 Å². The molecular weight excluding hydrogens is 208 g/mol. The summed E-state index contributed by atoms with van der Waals surface area (Å²) in [4.78, 5) is 0. The fourth-order valence-electron chi connectivity index (χ4n) is 1.21. The first-order chi connectivity index (χ1) is 8.36. The van der Waals surface area contributed by atoms with Crippen LogP contribution in [-0.2, 0) is 0 Å². The Morgan fingerprint density at radius 3 is 2.65 bits per heavy atom. The molecule has 0 aliphatic heterocycles. The van der Waals surface area contributed by atoms with Gasteiger partial charge < -0.3 is 0 Å². The molecular formula is C15H12N2. The van der Waals surface area contributed by atoms with Crippen LogP contribution < -0.4 is 0 Å². The Balaban J connectivity index is 2.54. The molecule has 1 aliphatic carbocycles. The summed E-state index contributed by atoms with van der Waals surface area (Å²) in [5, 5.41) is 17.0. The van der Waals surface area contributed by atoms with Crippen molar-refractivity contribution in [1.82, 2.24) is 0 Å². The zero-order valence-electron chi connectivity index (χ0n) is 9.38. The molecule has 17 heavy (non-hydrogen) atoms. The Labute approximate surface area is 101 Å². The Hall–Kier alpha value is -2.58. The van der Waals surface area contributed by atoms with Crippen LogP contribution in [0.3, 0.4) is 0 Å². The van der Waals surface area contributed by atoms with Gasteiger partial charge in [-0.05, 0) is 18.1 Å². The largest absolute Gasteiger partial charge is 0.192 e. The molecule has 0 saturated carbocycles. The van der Waals surface area contributed by atoms with Gasteiger partial charge in [0.15, 0.2) is 0 Å². The Morgan fingerprint density at radius 1 is 1.06 bits per heavy atom. The highest BCUT2D eigenvalue weighted by atomic mass is 14.3. The smallest absolute Gasteiger partial charge is 0.129 e. The minimum Gasteiger partial charge on any atom is -0.192 e. The summed E-state index contributed by atoms with van der Waals surface area (Å²) in [5.74, 6) is 0. The second kappa shape index (κ2) is 7.68. The average molecular weight is 220 g/mol. The average Bonchev–Trinajstić information content (AvgIpc) is 2.62. The molecule has 0 aromatic rings. The van der Waals surface area contributed by atoms with Crippen molar-refractivity contribution in [2.75, 3.05) is 0 Å². The maximum absolute atomic E-state index is 8.50. The summed E-state index contributed by atoms with van der Waals surface area (Å²) in [6.45, 7) is 0. The Bertz CT molecular complexity index is 496. The van der Waals surface area contributed by atoms with Crippen LogP contribution in [0.1, 0.15) is 6.42 Å². The van der Waals surface area contributed by atoms with E-state index in [0.717, 1.165) is 6.42 Å². The molecule has 0 bridgehead atoms. The predicted molar refractivity (Wildman–Crippen MR) is 68.6 cm³/mol. The summed E-state index contributed by atoms with van der Waals surface area (Å²) in [6, 6.07) is 3.59. The van der Waals surface area contributed by atoms with E-state index in [0.29, 0.717) is 0 Å². The highest BCUT2D eigenvalue weighted by Crippen LogP contribution is 2.08. The predicted octanol–water partition coefficient (Wildman–Crippen LogP) is 3.51. The summed E-state index contributed by atoms with van der Waals surface area (Å²) in [6.07, 6.45) is 19.9. The molecule has 2 heteroatoms. The summed E-state index contributed by atoms with van der Waals surface area (Å²) in [7, 11) is 0. The van der Waals surface area contributed by atoms with Crippen LogP contribution in [0.25, 0.3) is 0 Å². The first kappa shape index (κ1) is 12.5. The molecule has 0 aromatic carbocycles. The minimum absolute atomic E-state index is 0.106. The molecule has 0 spiro atoms. The monoisotopic (exact) mass is 220 g/mol. The van der Waals surface area contributed by atoms with E-state index in [1.807, 2.05) is 30.4 Å². The topological polar surface area (TPSA) is 47.6 Å². The lowest BCUT2D eigenvalue weighted by Gasteiger charge is -1.92. The molecule has 82 valence electrons. The van der Waals surface area contributed by atoms with Gasteiger partial charge in [0.05, 0.1) is 0 Å². The summed E-state index contributed by atoms with van der Waals surface area (Å²) < 4.78 is 0. The fourth-order valence-corrected chi connectivity index (χ4v) is 1.21. The zero-order chi connectivity index (χ0) is 12.3. The molecule has 0 unspecified atom stereocenters. The van der Waals surface area contributed by atoms with Crippen molar-refractivity contribution < 1.29 is 0 Å². The quantitative estimate of drug-likeness (QED) is 0.539. The third kappa shape index (κ3) is 5.16. The Morgan fingerprint density at radius 2 is 1.88 bits per heavy atom. The van der Waals surface area contributed by atoms with Crippen molar-refractivity contribution in [1.29, 1.82) is 10.5 Å². The number of hydrogen-bond donors (Lipinski definition) is 0. The van der Waals surface area contributed by atoms with Crippen LogP contribution in [0.5, 0.6) is 0 Å². The molecule has 0 fully saturated rings. The van der Waals surface area contributed by atoms with Crippen LogP contribution >= 0.6 is 0 Å². The van der Waals surface area contributed by atoms with Gasteiger partial charge in [0.1, 0.15) is 17.7 Å². The third-order valence-electron chi connectivity index (χ3n) is 2.06. The number of hydrogen-bond acceptors (Lipinski definition) is 2. The number of nitrogens with zero attached hydrogens (tertiary/aromatic N) is 2. The molecule has 1 aliphatic rings. The first-order valence-electron chi connectivity index (χ1n) is 5.24. The molecule has 0 saturated heterocycles. The van der Waals surface area contributed by atoms with Gasteiger partial charge in [-0.2, -0.15) is 10.5 Å². The van der Waals surface area contributed by atoms with Gasteiger partial charge in [-0.1, -0.05) is 54.7 Å². The van der Waals surface area contributed by atoms with E-state index in [9.17, 15) is 0 Å². The Kier molecular flexibility index (Phi) is 5.64.